The van der Waals surface area contributed by atoms with Crippen molar-refractivity contribution < 1.29 is 13.2 Å². The molecule has 0 spiro atoms. The number of benzene rings is 1. The Kier molecular flexibility index (Phi) is 4.52. The normalized spacial score (nSPS) is 11.6. The summed E-state index contributed by atoms with van der Waals surface area (Å²) in [6, 6.07) is 5.65. The Bertz CT molecular complexity index is 537. The highest BCUT2D eigenvalue weighted by Crippen LogP contribution is 2.33. The van der Waals surface area contributed by atoms with Crippen LogP contribution in [0.25, 0.3) is 0 Å². The predicted molar refractivity (Wildman–Crippen MR) is 75.7 cm³/mol. The Hall–Kier alpha value is -1.01. The zero-order valence-electron chi connectivity index (χ0n) is 9.80. The molecule has 1 nitrogen and oxygen atoms in total. The quantitative estimate of drug-likeness (QED) is 0.801. The molecule has 0 unspecified atom stereocenters. The summed E-state index contributed by atoms with van der Waals surface area (Å²) >= 11 is 4.79. The van der Waals surface area contributed by atoms with E-state index >= 15 is 0 Å². The van der Waals surface area contributed by atoms with Gasteiger partial charge in [-0.15, -0.1) is 0 Å². The molecule has 1 heterocycles. The minimum absolute atomic E-state index is 0.424. The van der Waals surface area contributed by atoms with Crippen LogP contribution in [0.5, 0.6) is 0 Å². The summed E-state index contributed by atoms with van der Waals surface area (Å²) in [6.07, 6.45) is -3.46. The number of alkyl halides is 3. The summed E-state index contributed by atoms with van der Waals surface area (Å²) in [5.74, 6) is 0. The highest BCUT2D eigenvalue weighted by Gasteiger charge is 2.30. The second-order valence-corrected chi connectivity index (χ2v) is 5.64. The van der Waals surface area contributed by atoms with Crippen molar-refractivity contribution in [3.8, 4) is 0 Å². The predicted octanol–water partition coefficient (Wildman–Crippen LogP) is 5.18. The molecule has 1 N–H and O–H groups in total. The second-order valence-electron chi connectivity index (χ2n) is 4.00. The van der Waals surface area contributed by atoms with Crippen molar-refractivity contribution in [1.29, 1.82) is 0 Å². The molecule has 0 saturated carbocycles. The van der Waals surface area contributed by atoms with E-state index < -0.39 is 11.7 Å². The van der Waals surface area contributed by atoms with Crippen LogP contribution in [0.4, 0.5) is 18.9 Å². The van der Waals surface area contributed by atoms with Crippen LogP contribution in [0.3, 0.4) is 0 Å². The lowest BCUT2D eigenvalue weighted by molar-refractivity contribution is -0.137. The first-order valence-corrected chi connectivity index (χ1v) is 7.32. The number of hydrogen-bond donors (Lipinski definition) is 1. The molecule has 19 heavy (non-hydrogen) atoms. The Morgan fingerprint density at radius 2 is 2.00 bits per heavy atom. The molecule has 6 heteroatoms. The molecule has 0 bridgehead atoms. The van der Waals surface area contributed by atoms with Crippen molar-refractivity contribution in [1.82, 2.24) is 0 Å². The summed E-state index contributed by atoms with van der Waals surface area (Å²) in [6.45, 7) is 0.681. The van der Waals surface area contributed by atoms with Crippen LogP contribution in [-0.4, -0.2) is 6.54 Å². The fourth-order valence-electron chi connectivity index (χ4n) is 1.61. The largest absolute Gasteiger partial charge is 0.416 e. The second kappa shape index (κ2) is 5.96. The van der Waals surface area contributed by atoms with Crippen molar-refractivity contribution in [2.24, 2.45) is 0 Å². The SMILES string of the molecule is FC(F)(F)c1ccc(NCCc2ccsc2)c(Br)c1. The number of halogens is 4. The molecule has 1 aromatic carbocycles. The molecule has 0 radical (unpaired) electrons. The number of nitrogens with one attached hydrogen (secondary N) is 1. The molecule has 0 amide bonds. The van der Waals surface area contributed by atoms with Crippen LogP contribution in [-0.2, 0) is 12.6 Å². The molecular formula is C13H11BrF3NS. The zero-order valence-corrected chi connectivity index (χ0v) is 12.2. The molecular weight excluding hydrogens is 339 g/mol. The molecule has 0 aliphatic heterocycles. The van der Waals surface area contributed by atoms with Crippen LogP contribution in [0.2, 0.25) is 0 Å². The van der Waals surface area contributed by atoms with Crippen molar-refractivity contribution in [3.63, 3.8) is 0 Å². The maximum Gasteiger partial charge on any atom is 0.416 e. The molecule has 0 saturated heterocycles. The Balaban J connectivity index is 1.97. The smallest absolute Gasteiger partial charge is 0.384 e. The topological polar surface area (TPSA) is 12.0 Å². The van der Waals surface area contributed by atoms with E-state index in [9.17, 15) is 13.2 Å². The van der Waals surface area contributed by atoms with Crippen molar-refractivity contribution in [2.75, 3.05) is 11.9 Å². The Labute approximate surface area is 121 Å². The molecule has 2 rings (SSSR count). The standard InChI is InChI=1S/C13H11BrF3NS/c14-11-7-10(13(15,16)17)1-2-12(11)18-5-3-9-4-6-19-8-9/h1-2,4,6-8,18H,3,5H2. The van der Waals surface area contributed by atoms with E-state index in [0.29, 0.717) is 16.7 Å². The highest BCUT2D eigenvalue weighted by atomic mass is 79.9. The van der Waals surface area contributed by atoms with Crippen LogP contribution in [0.1, 0.15) is 11.1 Å². The number of thiophene rings is 1. The van der Waals surface area contributed by atoms with E-state index in [4.69, 9.17) is 0 Å². The van der Waals surface area contributed by atoms with Gasteiger partial charge >= 0.3 is 6.18 Å². The molecule has 1 aromatic heterocycles. The van der Waals surface area contributed by atoms with E-state index in [1.165, 1.54) is 11.6 Å². The van der Waals surface area contributed by atoms with Gasteiger partial charge in [0.2, 0.25) is 0 Å². The summed E-state index contributed by atoms with van der Waals surface area (Å²) in [4.78, 5) is 0. The monoisotopic (exact) mass is 349 g/mol. The first-order valence-electron chi connectivity index (χ1n) is 5.58. The maximum atomic E-state index is 12.5. The third-order valence-electron chi connectivity index (χ3n) is 2.61. The van der Waals surface area contributed by atoms with Crippen LogP contribution < -0.4 is 5.32 Å². The van der Waals surface area contributed by atoms with Gasteiger partial charge in [-0.1, -0.05) is 0 Å². The van der Waals surface area contributed by atoms with E-state index in [-0.39, 0.29) is 0 Å². The van der Waals surface area contributed by atoms with Gasteiger partial charge in [0.25, 0.3) is 0 Å². The highest BCUT2D eigenvalue weighted by molar-refractivity contribution is 9.10. The molecule has 2 aromatic rings. The number of hydrogen-bond acceptors (Lipinski definition) is 2. The zero-order chi connectivity index (χ0) is 13.9. The van der Waals surface area contributed by atoms with Crippen LogP contribution in [0, 0.1) is 0 Å². The van der Waals surface area contributed by atoms with Gasteiger partial charge in [0, 0.05) is 16.7 Å². The first kappa shape index (κ1) is 14.4. The molecule has 0 aliphatic rings. The van der Waals surface area contributed by atoms with Gasteiger partial charge in [-0.2, -0.15) is 24.5 Å². The van der Waals surface area contributed by atoms with E-state index in [0.717, 1.165) is 18.6 Å². The minimum Gasteiger partial charge on any atom is -0.384 e. The molecule has 102 valence electrons. The van der Waals surface area contributed by atoms with E-state index in [1.807, 2.05) is 11.4 Å². The van der Waals surface area contributed by atoms with Crippen LogP contribution >= 0.6 is 27.3 Å². The van der Waals surface area contributed by atoms with Gasteiger partial charge in [-0.25, -0.2) is 0 Å². The molecule has 0 atom stereocenters. The van der Waals surface area contributed by atoms with Crippen molar-refractivity contribution in [2.45, 2.75) is 12.6 Å². The van der Waals surface area contributed by atoms with Gasteiger partial charge in [-0.05, 0) is 62.9 Å². The lowest BCUT2D eigenvalue weighted by Gasteiger charge is -2.11. The van der Waals surface area contributed by atoms with Crippen molar-refractivity contribution in [3.05, 3.63) is 50.6 Å². The Morgan fingerprint density at radius 3 is 2.58 bits per heavy atom. The summed E-state index contributed by atoms with van der Waals surface area (Å²) in [5.41, 5.74) is 1.24. The Morgan fingerprint density at radius 1 is 1.21 bits per heavy atom. The average Bonchev–Trinajstić information content (AvgIpc) is 2.83. The van der Waals surface area contributed by atoms with Crippen LogP contribution in [0.15, 0.2) is 39.5 Å². The molecule has 0 aliphatic carbocycles. The number of rotatable bonds is 4. The maximum absolute atomic E-state index is 12.5. The van der Waals surface area contributed by atoms with E-state index in [2.05, 4.69) is 26.6 Å². The lowest BCUT2D eigenvalue weighted by atomic mass is 10.2. The lowest BCUT2D eigenvalue weighted by Crippen LogP contribution is -2.07. The van der Waals surface area contributed by atoms with Crippen molar-refractivity contribution >= 4 is 33.0 Å². The van der Waals surface area contributed by atoms with Gasteiger partial charge < -0.3 is 5.32 Å². The fourth-order valence-corrected chi connectivity index (χ4v) is 2.83. The van der Waals surface area contributed by atoms with Gasteiger partial charge in [0.1, 0.15) is 0 Å². The first-order chi connectivity index (χ1) is 8.97. The minimum atomic E-state index is -4.31. The van der Waals surface area contributed by atoms with Gasteiger partial charge in [-0.3, -0.25) is 0 Å². The third kappa shape index (κ3) is 3.98. The van der Waals surface area contributed by atoms with E-state index in [1.54, 1.807) is 11.3 Å². The van der Waals surface area contributed by atoms with Gasteiger partial charge in [0.15, 0.2) is 0 Å². The summed E-state index contributed by atoms with van der Waals surface area (Å²) in [5, 5.41) is 7.18. The fraction of sp³-hybridized carbons (Fsp3) is 0.231. The summed E-state index contributed by atoms with van der Waals surface area (Å²) in [7, 11) is 0. The van der Waals surface area contributed by atoms with Gasteiger partial charge in [0.05, 0.1) is 5.56 Å². The summed E-state index contributed by atoms with van der Waals surface area (Å²) < 4.78 is 37.9. The third-order valence-corrected chi connectivity index (χ3v) is 3.99. The average molecular weight is 350 g/mol. The molecule has 0 fully saturated rings. The number of anilines is 1.